The Bertz CT molecular complexity index is 888. The van der Waals surface area contributed by atoms with E-state index in [1.165, 1.54) is 12.1 Å². The number of ether oxygens (including phenoxy) is 1. The number of imide groups is 1. The summed E-state index contributed by atoms with van der Waals surface area (Å²) in [6.07, 6.45) is 2.77. The van der Waals surface area contributed by atoms with Gasteiger partial charge in [-0.05, 0) is 39.2 Å². The van der Waals surface area contributed by atoms with Crippen molar-refractivity contribution in [2.75, 3.05) is 13.2 Å². The number of amides is 3. The van der Waals surface area contributed by atoms with E-state index >= 15 is 0 Å². The van der Waals surface area contributed by atoms with Crippen LogP contribution in [-0.4, -0.2) is 63.6 Å². The number of likely N-dealkylation sites (tertiary alicyclic amines) is 1. The summed E-state index contributed by atoms with van der Waals surface area (Å²) >= 11 is 0. The van der Waals surface area contributed by atoms with Crippen molar-refractivity contribution in [1.29, 1.82) is 0 Å². The first-order valence-electron chi connectivity index (χ1n) is 9.32. The van der Waals surface area contributed by atoms with E-state index in [4.69, 9.17) is 4.74 Å². The summed E-state index contributed by atoms with van der Waals surface area (Å²) in [5.41, 5.74) is -0.980. The largest absolute Gasteiger partial charge is 0.454 e. The predicted molar refractivity (Wildman–Crippen MR) is 99.0 cm³/mol. The number of carbonyl (C=O) groups is 4. The number of hydrogen-bond acceptors (Lipinski definition) is 7. The highest BCUT2D eigenvalue weighted by Gasteiger charge is 2.42. The van der Waals surface area contributed by atoms with Crippen molar-refractivity contribution >= 4 is 29.4 Å². The van der Waals surface area contributed by atoms with Crippen molar-refractivity contribution in [2.24, 2.45) is 0 Å². The SMILES string of the molecule is C[C@@H]1CCC[C@@H](C)N1C(=O)COC(=O)CN1C(=O)c2cccc([N+](=O)[O-])c2C1=O. The van der Waals surface area contributed by atoms with E-state index in [0.29, 0.717) is 4.90 Å². The average molecular weight is 403 g/mol. The first-order chi connectivity index (χ1) is 13.7. The molecule has 1 saturated heterocycles. The molecular formula is C19H21N3O7. The van der Waals surface area contributed by atoms with Gasteiger partial charge in [-0.1, -0.05) is 6.07 Å². The van der Waals surface area contributed by atoms with E-state index in [-0.39, 0.29) is 29.1 Å². The maximum Gasteiger partial charge on any atom is 0.326 e. The molecule has 154 valence electrons. The highest BCUT2D eigenvalue weighted by atomic mass is 16.6. The van der Waals surface area contributed by atoms with Gasteiger partial charge in [-0.15, -0.1) is 0 Å². The molecule has 3 amide bonds. The molecule has 0 radical (unpaired) electrons. The second-order valence-electron chi connectivity index (χ2n) is 7.24. The van der Waals surface area contributed by atoms with Crippen LogP contribution in [0.25, 0.3) is 0 Å². The van der Waals surface area contributed by atoms with Gasteiger partial charge in [-0.25, -0.2) is 0 Å². The topological polar surface area (TPSA) is 127 Å². The molecule has 0 aliphatic carbocycles. The van der Waals surface area contributed by atoms with Crippen LogP contribution in [0.2, 0.25) is 0 Å². The lowest BCUT2D eigenvalue weighted by Gasteiger charge is -2.38. The van der Waals surface area contributed by atoms with Crippen molar-refractivity contribution in [3.63, 3.8) is 0 Å². The number of esters is 1. The summed E-state index contributed by atoms with van der Waals surface area (Å²) in [4.78, 5) is 62.0. The third-order valence-electron chi connectivity index (χ3n) is 5.30. The van der Waals surface area contributed by atoms with Crippen LogP contribution in [0.4, 0.5) is 5.69 Å². The number of nitro groups is 1. The Hall–Kier alpha value is -3.30. The Kier molecular flexibility index (Phi) is 5.62. The van der Waals surface area contributed by atoms with Crippen molar-refractivity contribution in [3.8, 4) is 0 Å². The molecule has 0 unspecified atom stereocenters. The third kappa shape index (κ3) is 3.82. The third-order valence-corrected chi connectivity index (χ3v) is 5.30. The average Bonchev–Trinajstić information content (AvgIpc) is 2.91. The fourth-order valence-corrected chi connectivity index (χ4v) is 3.92. The van der Waals surface area contributed by atoms with Crippen LogP contribution in [0.3, 0.4) is 0 Å². The van der Waals surface area contributed by atoms with Crippen LogP contribution in [0.15, 0.2) is 18.2 Å². The highest BCUT2D eigenvalue weighted by molar-refractivity contribution is 6.24. The van der Waals surface area contributed by atoms with Crippen molar-refractivity contribution in [2.45, 2.75) is 45.2 Å². The highest BCUT2D eigenvalue weighted by Crippen LogP contribution is 2.30. The molecule has 2 atom stereocenters. The lowest BCUT2D eigenvalue weighted by Crippen LogP contribution is -2.49. The van der Waals surface area contributed by atoms with Gasteiger partial charge in [0.1, 0.15) is 12.1 Å². The van der Waals surface area contributed by atoms with Gasteiger partial charge in [0.2, 0.25) is 0 Å². The molecule has 0 bridgehead atoms. The van der Waals surface area contributed by atoms with E-state index in [0.717, 1.165) is 25.3 Å². The molecule has 0 saturated carbocycles. The molecule has 29 heavy (non-hydrogen) atoms. The number of benzene rings is 1. The van der Waals surface area contributed by atoms with Crippen LogP contribution < -0.4 is 0 Å². The molecule has 10 nitrogen and oxygen atoms in total. The Morgan fingerprint density at radius 1 is 1.17 bits per heavy atom. The summed E-state index contributed by atoms with van der Waals surface area (Å²) in [6, 6.07) is 3.79. The van der Waals surface area contributed by atoms with Crippen LogP contribution in [-0.2, 0) is 14.3 Å². The van der Waals surface area contributed by atoms with Crippen LogP contribution in [0.5, 0.6) is 0 Å². The predicted octanol–water partition coefficient (Wildman–Crippen LogP) is 1.52. The second kappa shape index (κ2) is 7.98. The maximum atomic E-state index is 12.5. The summed E-state index contributed by atoms with van der Waals surface area (Å²) in [7, 11) is 0. The molecule has 3 rings (SSSR count). The first kappa shape index (κ1) is 20.4. The van der Waals surface area contributed by atoms with Gasteiger partial charge in [-0.2, -0.15) is 0 Å². The summed E-state index contributed by atoms with van der Waals surface area (Å²) in [5.74, 6) is -3.02. The molecule has 2 heterocycles. The zero-order chi connectivity index (χ0) is 21.3. The number of nitrogens with zero attached hydrogens (tertiary/aromatic N) is 3. The van der Waals surface area contributed by atoms with Gasteiger partial charge in [0.15, 0.2) is 6.61 Å². The van der Waals surface area contributed by atoms with Crippen LogP contribution in [0, 0.1) is 10.1 Å². The van der Waals surface area contributed by atoms with Gasteiger partial charge < -0.3 is 9.64 Å². The van der Waals surface area contributed by atoms with E-state index in [9.17, 15) is 29.3 Å². The molecule has 10 heteroatoms. The molecule has 1 aromatic rings. The molecule has 1 fully saturated rings. The van der Waals surface area contributed by atoms with Gasteiger partial charge >= 0.3 is 5.97 Å². The van der Waals surface area contributed by atoms with Crippen LogP contribution >= 0.6 is 0 Å². The Morgan fingerprint density at radius 2 is 1.83 bits per heavy atom. The Morgan fingerprint density at radius 3 is 2.45 bits per heavy atom. The fraction of sp³-hybridized carbons (Fsp3) is 0.474. The minimum absolute atomic E-state index is 0.0433. The number of rotatable bonds is 5. The van der Waals surface area contributed by atoms with E-state index < -0.39 is 41.5 Å². The molecule has 2 aliphatic rings. The lowest BCUT2D eigenvalue weighted by molar-refractivity contribution is -0.385. The maximum absolute atomic E-state index is 12.5. The fourth-order valence-electron chi connectivity index (χ4n) is 3.92. The van der Waals surface area contributed by atoms with Crippen molar-refractivity contribution in [3.05, 3.63) is 39.4 Å². The smallest absolute Gasteiger partial charge is 0.326 e. The molecule has 0 N–H and O–H groups in total. The monoisotopic (exact) mass is 403 g/mol. The minimum Gasteiger partial charge on any atom is -0.454 e. The molecule has 0 spiro atoms. The Labute approximate surface area is 166 Å². The minimum atomic E-state index is -0.937. The number of hydrogen-bond donors (Lipinski definition) is 0. The zero-order valence-corrected chi connectivity index (χ0v) is 16.1. The lowest BCUT2D eigenvalue weighted by atomic mass is 9.97. The van der Waals surface area contributed by atoms with Gasteiger partial charge in [0.05, 0.1) is 10.5 Å². The van der Waals surface area contributed by atoms with Gasteiger partial charge in [0.25, 0.3) is 23.4 Å². The standard InChI is InChI=1S/C19H21N3O7/c1-11-5-3-6-12(2)21(11)15(23)10-29-16(24)9-20-18(25)13-7-4-8-14(22(27)28)17(13)19(20)26/h4,7-8,11-12H,3,5-6,9-10H2,1-2H3/t11-,12-/m1/s1. The van der Waals surface area contributed by atoms with Crippen molar-refractivity contribution in [1.82, 2.24) is 9.80 Å². The Balaban J connectivity index is 1.63. The molecule has 2 aliphatic heterocycles. The van der Waals surface area contributed by atoms with Gasteiger partial charge in [-0.3, -0.25) is 34.2 Å². The van der Waals surface area contributed by atoms with E-state index in [1.807, 2.05) is 13.8 Å². The number of nitro benzene ring substituents is 1. The second-order valence-corrected chi connectivity index (χ2v) is 7.24. The first-order valence-corrected chi connectivity index (χ1v) is 9.32. The van der Waals surface area contributed by atoms with E-state index in [2.05, 4.69) is 0 Å². The quantitative estimate of drug-likeness (QED) is 0.316. The van der Waals surface area contributed by atoms with Crippen LogP contribution in [0.1, 0.15) is 53.8 Å². The normalized spacial score (nSPS) is 21.2. The number of carbonyl (C=O) groups excluding carboxylic acids is 4. The van der Waals surface area contributed by atoms with Gasteiger partial charge in [0, 0.05) is 18.2 Å². The number of piperidine rings is 1. The molecule has 1 aromatic carbocycles. The summed E-state index contributed by atoms with van der Waals surface area (Å²) in [6.45, 7) is 2.65. The zero-order valence-electron chi connectivity index (χ0n) is 16.1. The summed E-state index contributed by atoms with van der Waals surface area (Å²) < 4.78 is 4.98. The van der Waals surface area contributed by atoms with E-state index in [1.54, 1.807) is 4.90 Å². The molecule has 0 aromatic heterocycles. The molecular weight excluding hydrogens is 382 g/mol. The van der Waals surface area contributed by atoms with Crippen molar-refractivity contribution < 1.29 is 28.8 Å². The number of fused-ring (bicyclic) bond motifs is 1. The summed E-state index contributed by atoms with van der Waals surface area (Å²) in [5, 5.41) is 11.1.